The molecule has 21 heavy (non-hydrogen) atoms. The van der Waals surface area contributed by atoms with Gasteiger partial charge in [-0.1, -0.05) is 36.6 Å². The molecule has 1 unspecified atom stereocenters. The number of rotatable bonds is 4. The fraction of sp³-hybridized carbons (Fsp3) is 0.611. The summed E-state index contributed by atoms with van der Waals surface area (Å²) < 4.78 is 0. The van der Waals surface area contributed by atoms with E-state index in [1.165, 1.54) is 29.5 Å². The Bertz CT molecular complexity index is 476. The molecule has 2 rings (SSSR count). The Morgan fingerprint density at radius 2 is 1.86 bits per heavy atom. The molecule has 1 aliphatic rings. The third-order valence-electron chi connectivity index (χ3n) is 4.52. The summed E-state index contributed by atoms with van der Waals surface area (Å²) in [6, 6.07) is 6.44. The molecular formula is C18H28N2O. The summed E-state index contributed by atoms with van der Waals surface area (Å²) in [5.41, 5.74) is 9.66. The molecule has 1 heterocycles. The summed E-state index contributed by atoms with van der Waals surface area (Å²) in [7, 11) is 0. The largest absolute Gasteiger partial charge is 0.342 e. The molecule has 0 radical (unpaired) electrons. The molecular weight excluding hydrogens is 260 g/mol. The zero-order chi connectivity index (χ0) is 15.2. The zero-order valence-electron chi connectivity index (χ0n) is 13.4. The van der Waals surface area contributed by atoms with Gasteiger partial charge in [-0.05, 0) is 44.2 Å². The van der Waals surface area contributed by atoms with Gasteiger partial charge >= 0.3 is 0 Å². The Morgan fingerprint density at radius 1 is 1.19 bits per heavy atom. The Kier molecular flexibility index (Phi) is 5.80. The van der Waals surface area contributed by atoms with Crippen molar-refractivity contribution in [2.24, 2.45) is 11.7 Å². The first-order valence-electron chi connectivity index (χ1n) is 8.17. The van der Waals surface area contributed by atoms with Crippen LogP contribution in [0.3, 0.4) is 0 Å². The summed E-state index contributed by atoms with van der Waals surface area (Å²) in [5.74, 6) is 0.170. The molecule has 1 atom stereocenters. The Hall–Kier alpha value is -1.35. The van der Waals surface area contributed by atoms with Gasteiger partial charge in [-0.25, -0.2) is 0 Å². The lowest BCUT2D eigenvalue weighted by Crippen LogP contribution is -2.40. The fourth-order valence-corrected chi connectivity index (χ4v) is 3.11. The molecule has 0 aliphatic carbocycles. The van der Waals surface area contributed by atoms with Gasteiger partial charge in [0.2, 0.25) is 5.91 Å². The molecule has 1 fully saturated rings. The predicted octanol–water partition coefficient (Wildman–Crippen LogP) is 2.82. The summed E-state index contributed by atoms with van der Waals surface area (Å²) in [6.07, 6.45) is 5.51. The Labute approximate surface area is 128 Å². The molecule has 0 aromatic heterocycles. The lowest BCUT2D eigenvalue weighted by molar-refractivity contribution is -0.135. The van der Waals surface area contributed by atoms with Crippen LogP contribution in [0, 0.1) is 19.8 Å². The van der Waals surface area contributed by atoms with Crippen LogP contribution in [0.2, 0.25) is 0 Å². The van der Waals surface area contributed by atoms with Gasteiger partial charge in [-0.2, -0.15) is 0 Å². The fourth-order valence-electron chi connectivity index (χ4n) is 3.11. The highest BCUT2D eigenvalue weighted by molar-refractivity contribution is 5.79. The van der Waals surface area contributed by atoms with E-state index in [-0.39, 0.29) is 11.8 Å². The number of amides is 1. The maximum Gasteiger partial charge on any atom is 0.227 e. The van der Waals surface area contributed by atoms with Gasteiger partial charge < -0.3 is 10.6 Å². The number of aryl methyl sites for hydroxylation is 2. The van der Waals surface area contributed by atoms with Crippen LogP contribution in [-0.2, 0) is 11.2 Å². The van der Waals surface area contributed by atoms with Gasteiger partial charge in [0.25, 0.3) is 0 Å². The van der Waals surface area contributed by atoms with Gasteiger partial charge in [0, 0.05) is 19.6 Å². The van der Waals surface area contributed by atoms with E-state index in [0.717, 1.165) is 32.4 Å². The molecule has 0 saturated carbocycles. The number of carbonyl (C=O) groups is 1. The minimum absolute atomic E-state index is 0.0800. The van der Waals surface area contributed by atoms with Crippen molar-refractivity contribution >= 4 is 5.91 Å². The van der Waals surface area contributed by atoms with Crippen LogP contribution in [0.15, 0.2) is 18.2 Å². The van der Waals surface area contributed by atoms with E-state index in [4.69, 9.17) is 5.73 Å². The summed E-state index contributed by atoms with van der Waals surface area (Å²) >= 11 is 0. The van der Waals surface area contributed by atoms with E-state index in [0.29, 0.717) is 6.54 Å². The van der Waals surface area contributed by atoms with Crippen molar-refractivity contribution in [3.05, 3.63) is 34.9 Å². The first kappa shape index (κ1) is 16.0. The van der Waals surface area contributed by atoms with Crippen molar-refractivity contribution in [2.75, 3.05) is 19.6 Å². The summed E-state index contributed by atoms with van der Waals surface area (Å²) in [6.45, 7) is 6.45. The van der Waals surface area contributed by atoms with E-state index in [9.17, 15) is 4.79 Å². The molecule has 3 heteroatoms. The molecule has 1 aliphatic heterocycles. The van der Waals surface area contributed by atoms with E-state index in [1.54, 1.807) is 0 Å². The van der Waals surface area contributed by atoms with Crippen molar-refractivity contribution in [1.29, 1.82) is 0 Å². The highest BCUT2D eigenvalue weighted by Gasteiger charge is 2.24. The van der Waals surface area contributed by atoms with Crippen LogP contribution in [-0.4, -0.2) is 30.4 Å². The number of hydrogen-bond acceptors (Lipinski definition) is 2. The van der Waals surface area contributed by atoms with E-state index < -0.39 is 0 Å². The van der Waals surface area contributed by atoms with Gasteiger partial charge in [0.1, 0.15) is 0 Å². The lowest BCUT2D eigenvalue weighted by Gasteiger charge is -2.26. The quantitative estimate of drug-likeness (QED) is 0.926. The van der Waals surface area contributed by atoms with Gasteiger partial charge in [-0.15, -0.1) is 0 Å². The standard InChI is InChI=1S/C18H28N2O/c1-14-7-8-15(2)16(11-14)12-17(13-19)18(21)20-9-5-3-4-6-10-20/h7-8,11,17H,3-6,9-10,12-13,19H2,1-2H3. The van der Waals surface area contributed by atoms with Crippen molar-refractivity contribution < 1.29 is 4.79 Å². The van der Waals surface area contributed by atoms with Crippen LogP contribution < -0.4 is 5.73 Å². The maximum absolute atomic E-state index is 12.7. The molecule has 3 nitrogen and oxygen atoms in total. The van der Waals surface area contributed by atoms with Crippen LogP contribution in [0.4, 0.5) is 0 Å². The van der Waals surface area contributed by atoms with Crippen molar-refractivity contribution in [2.45, 2.75) is 46.0 Å². The molecule has 1 amide bonds. The lowest BCUT2D eigenvalue weighted by atomic mass is 9.93. The van der Waals surface area contributed by atoms with Crippen LogP contribution >= 0.6 is 0 Å². The first-order valence-corrected chi connectivity index (χ1v) is 8.17. The minimum atomic E-state index is -0.0800. The first-order chi connectivity index (χ1) is 10.1. The summed E-state index contributed by atoms with van der Waals surface area (Å²) in [5, 5.41) is 0. The van der Waals surface area contributed by atoms with Crippen molar-refractivity contribution in [3.8, 4) is 0 Å². The number of benzene rings is 1. The molecule has 1 aromatic carbocycles. The second kappa shape index (κ2) is 7.60. The van der Waals surface area contributed by atoms with Crippen molar-refractivity contribution in [1.82, 2.24) is 4.90 Å². The smallest absolute Gasteiger partial charge is 0.227 e. The number of likely N-dealkylation sites (tertiary alicyclic amines) is 1. The number of nitrogens with zero attached hydrogens (tertiary/aromatic N) is 1. The van der Waals surface area contributed by atoms with Gasteiger partial charge in [0.15, 0.2) is 0 Å². The maximum atomic E-state index is 12.7. The summed E-state index contributed by atoms with van der Waals surface area (Å²) in [4.78, 5) is 14.8. The SMILES string of the molecule is Cc1ccc(C)c(CC(CN)C(=O)N2CCCCCC2)c1. The highest BCUT2D eigenvalue weighted by Crippen LogP contribution is 2.18. The van der Waals surface area contributed by atoms with Crippen LogP contribution in [0.1, 0.15) is 42.4 Å². The minimum Gasteiger partial charge on any atom is -0.342 e. The van der Waals surface area contributed by atoms with E-state index >= 15 is 0 Å². The third-order valence-corrected chi connectivity index (χ3v) is 4.52. The molecule has 2 N–H and O–H groups in total. The number of nitrogens with two attached hydrogens (primary N) is 1. The highest BCUT2D eigenvalue weighted by atomic mass is 16.2. The average molecular weight is 288 g/mol. The normalized spacial score (nSPS) is 17.4. The number of hydrogen-bond donors (Lipinski definition) is 1. The Morgan fingerprint density at radius 3 is 2.48 bits per heavy atom. The second-order valence-corrected chi connectivity index (χ2v) is 6.31. The van der Waals surface area contributed by atoms with E-state index in [2.05, 4.69) is 32.0 Å². The molecule has 0 bridgehead atoms. The molecule has 1 aromatic rings. The molecule has 116 valence electrons. The molecule has 0 spiro atoms. The van der Waals surface area contributed by atoms with Crippen LogP contribution in [0.5, 0.6) is 0 Å². The van der Waals surface area contributed by atoms with Gasteiger partial charge in [-0.3, -0.25) is 4.79 Å². The van der Waals surface area contributed by atoms with Crippen LogP contribution in [0.25, 0.3) is 0 Å². The monoisotopic (exact) mass is 288 g/mol. The number of carbonyl (C=O) groups excluding carboxylic acids is 1. The van der Waals surface area contributed by atoms with Gasteiger partial charge in [0.05, 0.1) is 5.92 Å². The predicted molar refractivity (Wildman–Crippen MR) is 87.2 cm³/mol. The second-order valence-electron chi connectivity index (χ2n) is 6.31. The van der Waals surface area contributed by atoms with Crippen molar-refractivity contribution in [3.63, 3.8) is 0 Å². The van der Waals surface area contributed by atoms with E-state index in [1.807, 2.05) is 4.90 Å². The average Bonchev–Trinajstić information content (AvgIpc) is 2.76. The third kappa shape index (κ3) is 4.31. The zero-order valence-corrected chi connectivity index (χ0v) is 13.4. The topological polar surface area (TPSA) is 46.3 Å². The Balaban J connectivity index is 2.07. The molecule has 1 saturated heterocycles.